The van der Waals surface area contributed by atoms with E-state index in [1.54, 1.807) is 0 Å². The molecule has 2 aromatic carbocycles. The van der Waals surface area contributed by atoms with Crippen LogP contribution >= 0.6 is 0 Å². The highest BCUT2D eigenvalue weighted by atomic mass is 16.5. The van der Waals surface area contributed by atoms with Gasteiger partial charge in [-0.3, -0.25) is 0 Å². The Bertz CT molecular complexity index is 957. The van der Waals surface area contributed by atoms with E-state index < -0.39 is 0 Å². The van der Waals surface area contributed by atoms with Gasteiger partial charge in [-0.25, -0.2) is 9.78 Å². The van der Waals surface area contributed by atoms with Crippen LogP contribution in [-0.2, 0) is 17.9 Å². The minimum atomic E-state index is -0.0226. The summed E-state index contributed by atoms with van der Waals surface area (Å²) in [5.41, 5.74) is 3.93. The monoisotopic (exact) mass is 407 g/mol. The lowest BCUT2D eigenvalue weighted by molar-refractivity contribution is 0.0652. The van der Waals surface area contributed by atoms with Crippen LogP contribution in [-0.4, -0.2) is 35.1 Å². The minimum Gasteiger partial charge on any atom is -0.440 e. The molecule has 1 aromatic heterocycles. The first-order valence-electron chi connectivity index (χ1n) is 10.7. The number of para-hydroxylation sites is 2. The molecule has 0 saturated carbocycles. The second-order valence-corrected chi connectivity index (χ2v) is 8.07. The Morgan fingerprint density at radius 1 is 1.13 bits per heavy atom. The van der Waals surface area contributed by atoms with Gasteiger partial charge in [-0.05, 0) is 49.9 Å². The molecule has 3 aromatic rings. The third-order valence-electron chi connectivity index (χ3n) is 5.56. The highest BCUT2D eigenvalue weighted by molar-refractivity contribution is 5.74. The SMILES string of the molecule is CC(C)OCc1ccccc1CNC(=O)N1CCC(c2nc3ccccc3o2)CC1. The number of oxazole rings is 1. The molecule has 1 N–H and O–H groups in total. The van der Waals surface area contributed by atoms with Crippen LogP contribution in [0.5, 0.6) is 0 Å². The number of urea groups is 1. The summed E-state index contributed by atoms with van der Waals surface area (Å²) in [6, 6.07) is 15.9. The van der Waals surface area contributed by atoms with Gasteiger partial charge >= 0.3 is 6.03 Å². The quantitative estimate of drug-likeness (QED) is 0.635. The van der Waals surface area contributed by atoms with Crippen molar-refractivity contribution < 1.29 is 13.9 Å². The van der Waals surface area contributed by atoms with E-state index in [-0.39, 0.29) is 18.1 Å². The van der Waals surface area contributed by atoms with Gasteiger partial charge in [0, 0.05) is 25.6 Å². The molecule has 2 heterocycles. The number of carbonyl (C=O) groups excluding carboxylic acids is 1. The lowest BCUT2D eigenvalue weighted by Crippen LogP contribution is -2.44. The Labute approximate surface area is 177 Å². The van der Waals surface area contributed by atoms with Crippen molar-refractivity contribution in [3.63, 3.8) is 0 Å². The Morgan fingerprint density at radius 3 is 2.57 bits per heavy atom. The molecule has 0 aliphatic carbocycles. The zero-order valence-electron chi connectivity index (χ0n) is 17.6. The molecule has 158 valence electrons. The first kappa shape index (κ1) is 20.4. The van der Waals surface area contributed by atoms with Crippen molar-refractivity contribution in [2.45, 2.75) is 51.9 Å². The molecule has 6 heteroatoms. The van der Waals surface area contributed by atoms with Gasteiger partial charge in [0.2, 0.25) is 0 Å². The Morgan fingerprint density at radius 2 is 1.83 bits per heavy atom. The van der Waals surface area contributed by atoms with Crippen molar-refractivity contribution in [2.24, 2.45) is 0 Å². The summed E-state index contributed by atoms with van der Waals surface area (Å²) in [5, 5.41) is 3.07. The Kier molecular flexibility index (Phi) is 6.33. The van der Waals surface area contributed by atoms with Crippen LogP contribution in [0.4, 0.5) is 4.79 Å². The fraction of sp³-hybridized carbons (Fsp3) is 0.417. The molecule has 0 spiro atoms. The number of rotatable bonds is 6. The second-order valence-electron chi connectivity index (χ2n) is 8.07. The topological polar surface area (TPSA) is 67.6 Å². The van der Waals surface area contributed by atoms with Gasteiger partial charge in [-0.2, -0.15) is 0 Å². The van der Waals surface area contributed by atoms with E-state index >= 15 is 0 Å². The summed E-state index contributed by atoms with van der Waals surface area (Å²) < 4.78 is 11.6. The number of aromatic nitrogens is 1. The highest BCUT2D eigenvalue weighted by Crippen LogP contribution is 2.29. The maximum absolute atomic E-state index is 12.7. The van der Waals surface area contributed by atoms with E-state index in [4.69, 9.17) is 9.15 Å². The smallest absolute Gasteiger partial charge is 0.317 e. The van der Waals surface area contributed by atoms with Crippen LogP contribution in [0.25, 0.3) is 11.1 Å². The minimum absolute atomic E-state index is 0.0226. The van der Waals surface area contributed by atoms with Crippen LogP contribution < -0.4 is 5.32 Å². The van der Waals surface area contributed by atoms with Gasteiger partial charge in [0.1, 0.15) is 5.52 Å². The zero-order chi connectivity index (χ0) is 20.9. The van der Waals surface area contributed by atoms with Crippen molar-refractivity contribution in [1.82, 2.24) is 15.2 Å². The molecule has 0 bridgehead atoms. The lowest BCUT2D eigenvalue weighted by Gasteiger charge is -2.30. The van der Waals surface area contributed by atoms with Crippen LogP contribution in [0.15, 0.2) is 52.9 Å². The number of amides is 2. The van der Waals surface area contributed by atoms with E-state index in [1.165, 1.54) is 0 Å². The summed E-state index contributed by atoms with van der Waals surface area (Å²) in [6.45, 7) is 6.51. The number of fused-ring (bicyclic) bond motifs is 1. The van der Waals surface area contributed by atoms with E-state index in [0.29, 0.717) is 26.2 Å². The van der Waals surface area contributed by atoms with E-state index in [2.05, 4.69) is 16.4 Å². The van der Waals surface area contributed by atoms with Crippen molar-refractivity contribution in [3.05, 3.63) is 65.5 Å². The molecule has 2 amide bonds. The molecular formula is C24H29N3O3. The van der Waals surface area contributed by atoms with Crippen LogP contribution in [0.2, 0.25) is 0 Å². The maximum Gasteiger partial charge on any atom is 0.317 e. The molecule has 0 unspecified atom stereocenters. The predicted molar refractivity (Wildman–Crippen MR) is 116 cm³/mol. The van der Waals surface area contributed by atoms with Crippen LogP contribution in [0, 0.1) is 0 Å². The summed E-state index contributed by atoms with van der Waals surface area (Å²) >= 11 is 0. The van der Waals surface area contributed by atoms with Crippen LogP contribution in [0.1, 0.15) is 49.6 Å². The number of nitrogens with one attached hydrogen (secondary N) is 1. The second kappa shape index (κ2) is 9.30. The number of carbonyl (C=O) groups is 1. The average molecular weight is 408 g/mol. The van der Waals surface area contributed by atoms with Crippen molar-refractivity contribution in [2.75, 3.05) is 13.1 Å². The zero-order valence-corrected chi connectivity index (χ0v) is 17.6. The fourth-order valence-corrected chi connectivity index (χ4v) is 3.80. The number of hydrogen-bond acceptors (Lipinski definition) is 4. The maximum atomic E-state index is 12.7. The van der Waals surface area contributed by atoms with Crippen molar-refractivity contribution >= 4 is 17.1 Å². The number of benzene rings is 2. The lowest BCUT2D eigenvalue weighted by atomic mass is 9.97. The van der Waals surface area contributed by atoms with E-state index in [0.717, 1.165) is 41.0 Å². The molecule has 6 nitrogen and oxygen atoms in total. The molecule has 4 rings (SSSR count). The molecular weight excluding hydrogens is 378 g/mol. The molecule has 1 saturated heterocycles. The Balaban J connectivity index is 1.30. The van der Waals surface area contributed by atoms with Gasteiger partial charge in [0.15, 0.2) is 11.5 Å². The van der Waals surface area contributed by atoms with Crippen LogP contribution in [0.3, 0.4) is 0 Å². The molecule has 1 aliphatic heterocycles. The highest BCUT2D eigenvalue weighted by Gasteiger charge is 2.27. The Hall–Kier alpha value is -2.86. The summed E-state index contributed by atoms with van der Waals surface area (Å²) in [6.07, 6.45) is 1.90. The summed E-state index contributed by atoms with van der Waals surface area (Å²) in [7, 11) is 0. The summed E-state index contributed by atoms with van der Waals surface area (Å²) in [5.74, 6) is 1.05. The fourth-order valence-electron chi connectivity index (χ4n) is 3.80. The van der Waals surface area contributed by atoms with Gasteiger partial charge < -0.3 is 19.4 Å². The average Bonchev–Trinajstić information content (AvgIpc) is 3.21. The number of hydrogen-bond donors (Lipinski definition) is 1. The number of nitrogens with zero attached hydrogens (tertiary/aromatic N) is 2. The van der Waals surface area contributed by atoms with Gasteiger partial charge in [-0.15, -0.1) is 0 Å². The summed E-state index contributed by atoms with van der Waals surface area (Å²) in [4.78, 5) is 19.2. The van der Waals surface area contributed by atoms with Gasteiger partial charge in [-0.1, -0.05) is 36.4 Å². The third kappa shape index (κ3) is 4.82. The number of piperidine rings is 1. The van der Waals surface area contributed by atoms with E-state index in [9.17, 15) is 4.79 Å². The molecule has 0 atom stereocenters. The predicted octanol–water partition coefficient (Wildman–Crippen LogP) is 4.84. The van der Waals surface area contributed by atoms with Gasteiger partial charge in [0.05, 0.1) is 12.7 Å². The first-order chi connectivity index (χ1) is 14.6. The molecule has 1 aliphatic rings. The molecule has 1 fully saturated rings. The number of likely N-dealkylation sites (tertiary alicyclic amines) is 1. The standard InChI is InChI=1S/C24H29N3O3/c1-17(2)29-16-20-8-4-3-7-19(20)15-25-24(28)27-13-11-18(12-14-27)23-26-21-9-5-6-10-22(21)30-23/h3-10,17-18H,11-16H2,1-2H3,(H,25,28). The third-order valence-corrected chi connectivity index (χ3v) is 5.56. The number of ether oxygens (including phenoxy) is 1. The van der Waals surface area contributed by atoms with Crippen molar-refractivity contribution in [1.29, 1.82) is 0 Å². The van der Waals surface area contributed by atoms with Crippen molar-refractivity contribution in [3.8, 4) is 0 Å². The normalized spacial score (nSPS) is 15.1. The van der Waals surface area contributed by atoms with E-state index in [1.807, 2.05) is 61.2 Å². The molecule has 0 radical (unpaired) electrons. The largest absolute Gasteiger partial charge is 0.440 e. The first-order valence-corrected chi connectivity index (χ1v) is 10.7. The van der Waals surface area contributed by atoms with Gasteiger partial charge in [0.25, 0.3) is 0 Å². The molecule has 30 heavy (non-hydrogen) atoms.